The standard InChI is InChI=1S/C15H11ClN6OS/c1-8(14(23)21-12-3-2-11(16)7-20-12)24-15-10(6-18)4-9(5-17)13(19)22-15/h2-4,7-8H,1H3,(H2,19,22)(H,20,21,23)/t8-/m1/s1. The smallest absolute Gasteiger partial charge is 0.238 e. The molecule has 0 aliphatic rings. The van der Waals surface area contributed by atoms with Gasteiger partial charge in [0, 0.05) is 6.20 Å². The molecule has 9 heteroatoms. The van der Waals surface area contributed by atoms with E-state index in [-0.39, 0.29) is 22.9 Å². The summed E-state index contributed by atoms with van der Waals surface area (Å²) in [6.45, 7) is 1.66. The molecule has 7 nitrogen and oxygen atoms in total. The molecule has 0 unspecified atom stereocenters. The Labute approximate surface area is 147 Å². The van der Waals surface area contributed by atoms with Crippen LogP contribution in [-0.2, 0) is 4.79 Å². The van der Waals surface area contributed by atoms with E-state index in [1.165, 1.54) is 12.3 Å². The Morgan fingerprint density at radius 3 is 2.67 bits per heavy atom. The molecular formula is C15H11ClN6OS. The quantitative estimate of drug-likeness (QED) is 0.803. The molecule has 2 aromatic rings. The van der Waals surface area contributed by atoms with E-state index >= 15 is 0 Å². The molecule has 0 bridgehead atoms. The number of halogens is 1. The highest BCUT2D eigenvalue weighted by molar-refractivity contribution is 8.00. The molecule has 0 aliphatic carbocycles. The van der Waals surface area contributed by atoms with Crippen molar-refractivity contribution in [1.29, 1.82) is 10.5 Å². The van der Waals surface area contributed by atoms with Crippen LogP contribution < -0.4 is 11.1 Å². The molecule has 0 fully saturated rings. The number of carbonyl (C=O) groups excluding carboxylic acids is 1. The number of thioether (sulfide) groups is 1. The summed E-state index contributed by atoms with van der Waals surface area (Å²) >= 11 is 6.81. The van der Waals surface area contributed by atoms with Crippen molar-refractivity contribution in [3.63, 3.8) is 0 Å². The van der Waals surface area contributed by atoms with Gasteiger partial charge in [0.15, 0.2) is 0 Å². The number of carbonyl (C=O) groups is 1. The summed E-state index contributed by atoms with van der Waals surface area (Å²) in [6, 6.07) is 8.36. The SMILES string of the molecule is C[C@@H](Sc1nc(N)c(C#N)cc1C#N)C(=O)Nc1ccc(Cl)cn1. The minimum atomic E-state index is -0.561. The third-order valence-electron chi connectivity index (χ3n) is 2.89. The van der Waals surface area contributed by atoms with E-state index in [0.717, 1.165) is 11.8 Å². The van der Waals surface area contributed by atoms with Crippen LogP contribution in [0.1, 0.15) is 18.1 Å². The third-order valence-corrected chi connectivity index (χ3v) is 4.22. The average Bonchev–Trinajstić information content (AvgIpc) is 2.57. The molecule has 0 spiro atoms. The van der Waals surface area contributed by atoms with Gasteiger partial charge in [0.25, 0.3) is 0 Å². The van der Waals surface area contributed by atoms with E-state index in [2.05, 4.69) is 15.3 Å². The minimum Gasteiger partial charge on any atom is -0.383 e. The van der Waals surface area contributed by atoms with Crippen molar-refractivity contribution >= 4 is 40.9 Å². The van der Waals surface area contributed by atoms with Crippen LogP contribution in [0.2, 0.25) is 5.02 Å². The lowest BCUT2D eigenvalue weighted by Crippen LogP contribution is -2.23. The number of nitrogen functional groups attached to an aromatic ring is 1. The highest BCUT2D eigenvalue weighted by atomic mass is 35.5. The van der Waals surface area contributed by atoms with E-state index in [4.69, 9.17) is 27.9 Å². The highest BCUT2D eigenvalue weighted by Gasteiger charge is 2.19. The van der Waals surface area contributed by atoms with Crippen LogP contribution in [0.4, 0.5) is 11.6 Å². The summed E-state index contributed by atoms with van der Waals surface area (Å²) in [4.78, 5) is 20.2. The predicted octanol–water partition coefficient (Wildman–Crippen LogP) is 2.57. The number of nitriles is 2. The van der Waals surface area contributed by atoms with Crippen LogP contribution in [0.5, 0.6) is 0 Å². The second kappa shape index (κ2) is 7.64. The zero-order valence-electron chi connectivity index (χ0n) is 12.4. The normalized spacial score (nSPS) is 11.2. The fourth-order valence-electron chi connectivity index (χ4n) is 1.67. The minimum absolute atomic E-state index is 0.0194. The maximum atomic E-state index is 12.2. The maximum Gasteiger partial charge on any atom is 0.238 e. The summed E-state index contributed by atoms with van der Waals surface area (Å²) < 4.78 is 0. The number of hydrogen-bond acceptors (Lipinski definition) is 7. The Balaban J connectivity index is 2.14. The van der Waals surface area contributed by atoms with Crippen molar-refractivity contribution in [1.82, 2.24) is 9.97 Å². The maximum absolute atomic E-state index is 12.2. The van der Waals surface area contributed by atoms with Crippen molar-refractivity contribution in [3.8, 4) is 12.1 Å². The number of aromatic nitrogens is 2. The zero-order chi connectivity index (χ0) is 17.7. The zero-order valence-corrected chi connectivity index (χ0v) is 14.0. The first-order valence-electron chi connectivity index (χ1n) is 6.64. The second-order valence-corrected chi connectivity index (χ2v) is 6.37. The molecule has 1 amide bonds. The molecule has 2 rings (SSSR count). The number of hydrogen-bond donors (Lipinski definition) is 2. The average molecular weight is 359 g/mol. The molecule has 120 valence electrons. The lowest BCUT2D eigenvalue weighted by molar-refractivity contribution is -0.115. The lowest BCUT2D eigenvalue weighted by atomic mass is 10.2. The number of nitrogens with zero attached hydrogens (tertiary/aromatic N) is 4. The number of amides is 1. The summed E-state index contributed by atoms with van der Waals surface area (Å²) in [5.41, 5.74) is 5.98. The Morgan fingerprint density at radius 1 is 1.38 bits per heavy atom. The first-order chi connectivity index (χ1) is 11.4. The van der Waals surface area contributed by atoms with Crippen molar-refractivity contribution in [3.05, 3.63) is 40.5 Å². The van der Waals surface area contributed by atoms with E-state index in [0.29, 0.717) is 15.9 Å². The molecule has 0 saturated heterocycles. The first-order valence-corrected chi connectivity index (χ1v) is 7.90. The predicted molar refractivity (Wildman–Crippen MR) is 91.3 cm³/mol. The van der Waals surface area contributed by atoms with Crippen LogP contribution in [0.25, 0.3) is 0 Å². The summed E-state index contributed by atoms with van der Waals surface area (Å²) in [7, 11) is 0. The number of rotatable bonds is 4. The summed E-state index contributed by atoms with van der Waals surface area (Å²) in [5, 5.41) is 20.9. The van der Waals surface area contributed by atoms with Gasteiger partial charge in [-0.05, 0) is 25.1 Å². The van der Waals surface area contributed by atoms with Crippen molar-refractivity contribution in [2.24, 2.45) is 0 Å². The van der Waals surface area contributed by atoms with Crippen molar-refractivity contribution in [2.75, 3.05) is 11.1 Å². The monoisotopic (exact) mass is 358 g/mol. The van der Waals surface area contributed by atoms with Crippen molar-refractivity contribution in [2.45, 2.75) is 17.2 Å². The fourth-order valence-corrected chi connectivity index (χ4v) is 2.66. The largest absolute Gasteiger partial charge is 0.383 e. The van der Waals surface area contributed by atoms with Crippen LogP contribution >= 0.6 is 23.4 Å². The third kappa shape index (κ3) is 4.13. The Bertz CT molecular complexity index is 856. The molecule has 3 N–H and O–H groups in total. The fraction of sp³-hybridized carbons (Fsp3) is 0.133. The van der Waals surface area contributed by atoms with Crippen LogP contribution in [0, 0.1) is 22.7 Å². The van der Waals surface area contributed by atoms with Crippen LogP contribution in [0.15, 0.2) is 29.4 Å². The van der Waals surface area contributed by atoms with Gasteiger partial charge < -0.3 is 11.1 Å². The lowest BCUT2D eigenvalue weighted by Gasteiger charge is -2.12. The van der Waals surface area contributed by atoms with Gasteiger partial charge >= 0.3 is 0 Å². The van der Waals surface area contributed by atoms with Gasteiger partial charge in [0.05, 0.1) is 21.4 Å². The molecule has 1 atom stereocenters. The molecule has 0 radical (unpaired) electrons. The Kier molecular flexibility index (Phi) is 5.59. The Morgan fingerprint density at radius 2 is 2.08 bits per heavy atom. The van der Waals surface area contributed by atoms with Gasteiger partial charge in [-0.15, -0.1) is 0 Å². The Hall–Kier alpha value is -2.81. The van der Waals surface area contributed by atoms with Crippen LogP contribution in [0.3, 0.4) is 0 Å². The molecule has 0 aromatic carbocycles. The van der Waals surface area contributed by atoms with Crippen LogP contribution in [-0.4, -0.2) is 21.1 Å². The molecular weight excluding hydrogens is 348 g/mol. The van der Waals surface area contributed by atoms with Gasteiger partial charge in [-0.3, -0.25) is 4.79 Å². The number of nitrogens with one attached hydrogen (secondary N) is 1. The number of anilines is 2. The topological polar surface area (TPSA) is 128 Å². The highest BCUT2D eigenvalue weighted by Crippen LogP contribution is 2.28. The first kappa shape index (κ1) is 17.5. The van der Waals surface area contributed by atoms with Gasteiger partial charge in [0.1, 0.15) is 28.8 Å². The number of nitrogens with two attached hydrogens (primary N) is 1. The van der Waals surface area contributed by atoms with Gasteiger partial charge in [-0.2, -0.15) is 10.5 Å². The van der Waals surface area contributed by atoms with E-state index in [9.17, 15) is 4.79 Å². The van der Waals surface area contributed by atoms with Gasteiger partial charge in [0.2, 0.25) is 5.91 Å². The van der Waals surface area contributed by atoms with Gasteiger partial charge in [-0.1, -0.05) is 23.4 Å². The molecule has 2 aromatic heterocycles. The summed E-state index contributed by atoms with van der Waals surface area (Å²) in [6.07, 6.45) is 1.42. The molecule has 2 heterocycles. The van der Waals surface area contributed by atoms with Gasteiger partial charge in [-0.25, -0.2) is 9.97 Å². The van der Waals surface area contributed by atoms with E-state index < -0.39 is 5.25 Å². The number of pyridine rings is 2. The molecule has 0 aliphatic heterocycles. The summed E-state index contributed by atoms with van der Waals surface area (Å²) in [5.74, 6) is 0.0686. The van der Waals surface area contributed by atoms with Crippen molar-refractivity contribution < 1.29 is 4.79 Å². The van der Waals surface area contributed by atoms with E-state index in [1.54, 1.807) is 19.1 Å². The van der Waals surface area contributed by atoms with E-state index in [1.807, 2.05) is 12.1 Å². The molecule has 24 heavy (non-hydrogen) atoms. The molecule has 0 saturated carbocycles. The second-order valence-electron chi connectivity index (χ2n) is 4.61.